The van der Waals surface area contributed by atoms with Gasteiger partial charge in [0.15, 0.2) is 0 Å². The van der Waals surface area contributed by atoms with Gasteiger partial charge in [-0.3, -0.25) is 10.1 Å². The van der Waals surface area contributed by atoms with Crippen LogP contribution in [0.25, 0.3) is 0 Å². The number of rotatable bonds is 4. The Labute approximate surface area is 109 Å². The minimum atomic E-state index is -0.642. The van der Waals surface area contributed by atoms with Crippen molar-refractivity contribution >= 4 is 23.0 Å². The Morgan fingerprint density at radius 3 is 2.72 bits per heavy atom. The Kier molecular flexibility index (Phi) is 4.01. The molecule has 0 spiro atoms. The second-order valence-electron chi connectivity index (χ2n) is 4.57. The Morgan fingerprint density at radius 2 is 2.11 bits per heavy atom. The molecule has 0 saturated heterocycles. The quantitative estimate of drug-likeness (QED) is 0.666. The van der Waals surface area contributed by atoms with Crippen LogP contribution in [0.5, 0.6) is 0 Å². The van der Waals surface area contributed by atoms with Crippen LogP contribution in [-0.2, 0) is 0 Å². The Bertz CT molecular complexity index is 462. The smallest absolute Gasteiger partial charge is 0.294 e. The van der Waals surface area contributed by atoms with Crippen LogP contribution >= 0.6 is 11.6 Å². The Balaban J connectivity index is 2.14. The molecule has 0 unspecified atom stereocenters. The van der Waals surface area contributed by atoms with Crippen LogP contribution in [0.15, 0.2) is 12.1 Å². The molecule has 1 fully saturated rings. The normalized spacial score (nSPS) is 15.9. The van der Waals surface area contributed by atoms with E-state index < -0.39 is 10.7 Å². The average Bonchev–Trinajstić information content (AvgIpc) is 2.83. The summed E-state index contributed by atoms with van der Waals surface area (Å²) in [4.78, 5) is 10.3. The van der Waals surface area contributed by atoms with E-state index in [2.05, 4.69) is 5.32 Å². The molecule has 6 heteroatoms. The summed E-state index contributed by atoms with van der Waals surface area (Å²) in [6.07, 6.45) is 4.64. The second-order valence-corrected chi connectivity index (χ2v) is 4.98. The first-order valence-corrected chi connectivity index (χ1v) is 6.33. The van der Waals surface area contributed by atoms with Gasteiger partial charge in [-0.15, -0.1) is 0 Å². The van der Waals surface area contributed by atoms with E-state index in [0.29, 0.717) is 12.5 Å². The monoisotopic (exact) mass is 272 g/mol. The summed E-state index contributed by atoms with van der Waals surface area (Å²) in [6, 6.07) is 2.14. The van der Waals surface area contributed by atoms with Crippen molar-refractivity contribution in [2.75, 3.05) is 11.9 Å². The number of hydrogen-bond acceptors (Lipinski definition) is 3. The molecule has 4 nitrogen and oxygen atoms in total. The van der Waals surface area contributed by atoms with Gasteiger partial charge >= 0.3 is 0 Å². The fourth-order valence-electron chi connectivity index (χ4n) is 2.30. The molecule has 2 rings (SSSR count). The molecule has 1 aromatic carbocycles. The number of halogens is 2. The topological polar surface area (TPSA) is 55.2 Å². The van der Waals surface area contributed by atoms with E-state index >= 15 is 0 Å². The predicted molar refractivity (Wildman–Crippen MR) is 68.5 cm³/mol. The first-order chi connectivity index (χ1) is 8.58. The number of nitrogens with one attached hydrogen (secondary N) is 1. The number of nitrogens with zero attached hydrogens (tertiary/aromatic N) is 1. The molecule has 1 saturated carbocycles. The maximum Gasteiger partial charge on any atom is 0.294 e. The van der Waals surface area contributed by atoms with Gasteiger partial charge in [0.2, 0.25) is 0 Å². The lowest BCUT2D eigenvalue weighted by atomic mass is 10.1. The summed E-state index contributed by atoms with van der Waals surface area (Å²) >= 11 is 5.55. The summed E-state index contributed by atoms with van der Waals surface area (Å²) in [5, 5.41) is 13.6. The summed E-state index contributed by atoms with van der Waals surface area (Å²) in [5.41, 5.74) is 0.0215. The van der Waals surface area contributed by atoms with Crippen LogP contribution in [0, 0.1) is 21.8 Å². The molecule has 0 aromatic heterocycles. The summed E-state index contributed by atoms with van der Waals surface area (Å²) in [6.45, 7) is 0.641. The van der Waals surface area contributed by atoms with E-state index in [9.17, 15) is 14.5 Å². The largest absolute Gasteiger partial charge is 0.379 e. The number of anilines is 1. The highest BCUT2D eigenvalue weighted by Crippen LogP contribution is 2.31. The van der Waals surface area contributed by atoms with Gasteiger partial charge in [-0.25, -0.2) is 4.39 Å². The molecule has 0 amide bonds. The minimum absolute atomic E-state index is 0.181. The summed E-state index contributed by atoms with van der Waals surface area (Å²) in [5.74, 6) is -0.125. The first kappa shape index (κ1) is 13.1. The van der Waals surface area contributed by atoms with Gasteiger partial charge < -0.3 is 5.32 Å². The third kappa shape index (κ3) is 2.90. The van der Waals surface area contributed by atoms with Gasteiger partial charge in [0.05, 0.1) is 9.95 Å². The zero-order valence-corrected chi connectivity index (χ0v) is 10.5. The molecule has 18 heavy (non-hydrogen) atoms. The van der Waals surface area contributed by atoms with Crippen LogP contribution in [0.1, 0.15) is 25.7 Å². The highest BCUT2D eigenvalue weighted by Gasteiger charge is 2.20. The molecule has 0 bridgehead atoms. The Hall–Kier alpha value is -1.36. The standard InChI is InChI=1S/C12H14ClFN2O2/c13-9-5-12(16(17)18)11(6-10(9)14)15-7-8-3-1-2-4-8/h5-6,8,15H,1-4,7H2. The van der Waals surface area contributed by atoms with Crippen molar-refractivity contribution < 1.29 is 9.31 Å². The number of nitro groups is 1. The average molecular weight is 273 g/mol. The highest BCUT2D eigenvalue weighted by molar-refractivity contribution is 6.31. The second kappa shape index (κ2) is 5.52. The lowest BCUT2D eigenvalue weighted by Crippen LogP contribution is -2.12. The van der Waals surface area contributed by atoms with E-state index in [1.54, 1.807) is 0 Å². The maximum atomic E-state index is 13.3. The third-order valence-electron chi connectivity index (χ3n) is 3.29. The number of nitro benzene ring substituents is 1. The first-order valence-electron chi connectivity index (χ1n) is 5.95. The molecular weight excluding hydrogens is 259 g/mol. The molecule has 0 atom stereocenters. The van der Waals surface area contributed by atoms with Crippen LogP contribution in [0.3, 0.4) is 0 Å². The zero-order chi connectivity index (χ0) is 13.1. The summed E-state index contributed by atoms with van der Waals surface area (Å²) in [7, 11) is 0. The van der Waals surface area contributed by atoms with Crippen molar-refractivity contribution in [3.05, 3.63) is 33.1 Å². The van der Waals surface area contributed by atoms with Crippen molar-refractivity contribution in [1.29, 1.82) is 0 Å². The van der Waals surface area contributed by atoms with Crippen LogP contribution in [-0.4, -0.2) is 11.5 Å². The van der Waals surface area contributed by atoms with E-state index in [-0.39, 0.29) is 16.4 Å². The fraction of sp³-hybridized carbons (Fsp3) is 0.500. The van der Waals surface area contributed by atoms with Crippen LogP contribution < -0.4 is 5.32 Å². The van der Waals surface area contributed by atoms with Gasteiger partial charge in [-0.1, -0.05) is 24.4 Å². The zero-order valence-electron chi connectivity index (χ0n) is 9.79. The van der Waals surface area contributed by atoms with E-state index in [1.807, 2.05) is 0 Å². The van der Waals surface area contributed by atoms with E-state index in [1.165, 1.54) is 12.8 Å². The van der Waals surface area contributed by atoms with Crippen molar-refractivity contribution in [2.45, 2.75) is 25.7 Å². The van der Waals surface area contributed by atoms with Gasteiger partial charge in [-0.2, -0.15) is 0 Å². The molecule has 0 heterocycles. The number of benzene rings is 1. The molecule has 1 aliphatic carbocycles. The lowest BCUT2D eigenvalue weighted by molar-refractivity contribution is -0.384. The molecular formula is C12H14ClFN2O2. The van der Waals surface area contributed by atoms with Gasteiger partial charge in [0.1, 0.15) is 11.5 Å². The van der Waals surface area contributed by atoms with E-state index in [0.717, 1.165) is 25.0 Å². The highest BCUT2D eigenvalue weighted by atomic mass is 35.5. The molecule has 1 aliphatic rings. The van der Waals surface area contributed by atoms with E-state index in [4.69, 9.17) is 11.6 Å². The van der Waals surface area contributed by atoms with Crippen molar-refractivity contribution in [3.8, 4) is 0 Å². The lowest BCUT2D eigenvalue weighted by Gasteiger charge is -2.12. The molecule has 1 aromatic rings. The molecule has 1 N–H and O–H groups in total. The Morgan fingerprint density at radius 1 is 1.44 bits per heavy atom. The predicted octanol–water partition coefficient (Wildman–Crippen LogP) is 3.99. The maximum absolute atomic E-state index is 13.3. The SMILES string of the molecule is O=[N+]([O-])c1cc(Cl)c(F)cc1NCC1CCCC1. The van der Waals surface area contributed by atoms with Crippen molar-refractivity contribution in [3.63, 3.8) is 0 Å². The van der Waals surface area contributed by atoms with Crippen molar-refractivity contribution in [1.82, 2.24) is 0 Å². The number of hydrogen-bond donors (Lipinski definition) is 1. The van der Waals surface area contributed by atoms with Gasteiger partial charge in [0, 0.05) is 18.7 Å². The third-order valence-corrected chi connectivity index (χ3v) is 3.58. The van der Waals surface area contributed by atoms with Gasteiger partial charge in [-0.05, 0) is 18.8 Å². The molecule has 98 valence electrons. The molecule has 0 radical (unpaired) electrons. The minimum Gasteiger partial charge on any atom is -0.379 e. The van der Waals surface area contributed by atoms with Crippen LogP contribution in [0.2, 0.25) is 5.02 Å². The van der Waals surface area contributed by atoms with Crippen molar-refractivity contribution in [2.24, 2.45) is 5.92 Å². The van der Waals surface area contributed by atoms with Gasteiger partial charge in [0.25, 0.3) is 5.69 Å². The van der Waals surface area contributed by atoms with Crippen LogP contribution in [0.4, 0.5) is 15.8 Å². The summed E-state index contributed by atoms with van der Waals surface area (Å²) < 4.78 is 13.3. The molecule has 0 aliphatic heterocycles. The fourth-order valence-corrected chi connectivity index (χ4v) is 2.46.